The fraction of sp³-hybridized carbons (Fsp3) is 0.667. The summed E-state index contributed by atoms with van der Waals surface area (Å²) in [5.74, 6) is 0.874. The molecule has 0 atom stereocenters. The molecule has 1 aromatic rings. The Kier molecular flexibility index (Phi) is 4.42. The van der Waals surface area contributed by atoms with Gasteiger partial charge in [0.1, 0.15) is 5.82 Å². The molecule has 1 N–H and O–H groups in total. The number of aromatic nitrogens is 2. The molecule has 1 rings (SSSR count). The number of imidazole rings is 1. The summed E-state index contributed by atoms with van der Waals surface area (Å²) in [7, 11) is 3.48. The van der Waals surface area contributed by atoms with E-state index < -0.39 is 0 Å². The number of aromatic hydroxyl groups is 1. The van der Waals surface area contributed by atoms with E-state index in [-0.39, 0.29) is 5.88 Å². The van der Waals surface area contributed by atoms with Crippen molar-refractivity contribution in [1.82, 2.24) is 9.55 Å². The first-order chi connectivity index (χ1) is 6.74. The highest BCUT2D eigenvalue weighted by Crippen LogP contribution is 2.07. The molecule has 0 fully saturated rings. The molecular weight excluding hydrogens is 184 g/mol. The molecule has 0 aliphatic heterocycles. The Morgan fingerprint density at radius 2 is 2.21 bits per heavy atom. The van der Waals surface area contributed by atoms with Gasteiger partial charge in [0.25, 0.3) is 0 Å². The lowest BCUT2D eigenvalue weighted by Crippen LogP contribution is -2.07. The zero-order chi connectivity index (χ0) is 10.4. The Labute approximate surface area is 83.3 Å². The second-order valence-electron chi connectivity index (χ2n) is 2.98. The second-order valence-corrected chi connectivity index (χ2v) is 2.98. The van der Waals surface area contributed by atoms with Crippen molar-refractivity contribution in [2.24, 2.45) is 7.05 Å². The largest absolute Gasteiger partial charge is 0.492 e. The number of rotatable bonds is 6. The van der Waals surface area contributed by atoms with Crippen molar-refractivity contribution in [1.29, 1.82) is 0 Å². The fourth-order valence-corrected chi connectivity index (χ4v) is 1.13. The maximum Gasteiger partial charge on any atom is 0.229 e. The van der Waals surface area contributed by atoms with Crippen LogP contribution >= 0.6 is 0 Å². The molecule has 5 heteroatoms. The third-order valence-corrected chi connectivity index (χ3v) is 1.86. The van der Waals surface area contributed by atoms with Crippen LogP contribution in [0.4, 0.5) is 0 Å². The number of ether oxygens (including phenoxy) is 2. The van der Waals surface area contributed by atoms with E-state index >= 15 is 0 Å². The van der Waals surface area contributed by atoms with Gasteiger partial charge in [0.05, 0.1) is 26.0 Å². The minimum atomic E-state index is 0.0550. The van der Waals surface area contributed by atoms with E-state index in [4.69, 9.17) is 14.6 Å². The Morgan fingerprint density at radius 1 is 1.43 bits per heavy atom. The third-order valence-electron chi connectivity index (χ3n) is 1.86. The van der Waals surface area contributed by atoms with E-state index in [1.165, 1.54) is 0 Å². The zero-order valence-corrected chi connectivity index (χ0v) is 8.56. The number of nitrogens with zero attached hydrogens (tertiary/aromatic N) is 2. The minimum absolute atomic E-state index is 0.0550. The van der Waals surface area contributed by atoms with Crippen LogP contribution in [0, 0.1) is 0 Å². The van der Waals surface area contributed by atoms with Crippen LogP contribution in [0.1, 0.15) is 5.82 Å². The molecule has 1 heterocycles. The third kappa shape index (κ3) is 3.35. The van der Waals surface area contributed by atoms with Gasteiger partial charge >= 0.3 is 0 Å². The summed E-state index contributed by atoms with van der Waals surface area (Å²) in [5, 5.41) is 9.08. The summed E-state index contributed by atoms with van der Waals surface area (Å²) in [4.78, 5) is 3.94. The fourth-order valence-electron chi connectivity index (χ4n) is 1.13. The van der Waals surface area contributed by atoms with Gasteiger partial charge in [0.15, 0.2) is 0 Å². The number of methoxy groups -OCH3 is 1. The molecule has 0 bridgehead atoms. The van der Waals surface area contributed by atoms with Crippen LogP contribution in [0.2, 0.25) is 0 Å². The van der Waals surface area contributed by atoms with Crippen LogP contribution < -0.4 is 0 Å². The molecule has 1 aromatic heterocycles. The van der Waals surface area contributed by atoms with E-state index in [0.29, 0.717) is 26.2 Å². The number of aryl methyl sites for hydroxylation is 1. The van der Waals surface area contributed by atoms with Gasteiger partial charge in [-0.1, -0.05) is 0 Å². The monoisotopic (exact) mass is 200 g/mol. The Balaban J connectivity index is 2.21. The molecule has 0 radical (unpaired) electrons. The lowest BCUT2D eigenvalue weighted by Gasteiger charge is -2.03. The average Bonchev–Trinajstić information content (AvgIpc) is 2.45. The normalized spacial score (nSPS) is 10.7. The van der Waals surface area contributed by atoms with E-state index in [0.717, 1.165) is 5.82 Å². The van der Waals surface area contributed by atoms with Gasteiger partial charge in [-0.05, 0) is 0 Å². The van der Waals surface area contributed by atoms with Crippen molar-refractivity contribution in [3.63, 3.8) is 0 Å². The number of hydrogen-bond acceptors (Lipinski definition) is 4. The molecule has 0 unspecified atom stereocenters. The summed E-state index contributed by atoms with van der Waals surface area (Å²) in [5.41, 5.74) is 0. The zero-order valence-electron chi connectivity index (χ0n) is 8.56. The average molecular weight is 200 g/mol. The quantitative estimate of drug-likeness (QED) is 0.672. The molecule has 0 saturated carbocycles. The van der Waals surface area contributed by atoms with E-state index in [9.17, 15) is 0 Å². The van der Waals surface area contributed by atoms with E-state index in [1.807, 2.05) is 7.05 Å². The van der Waals surface area contributed by atoms with Crippen LogP contribution in [-0.4, -0.2) is 41.6 Å². The van der Waals surface area contributed by atoms with E-state index in [1.54, 1.807) is 17.9 Å². The van der Waals surface area contributed by atoms with Crippen LogP contribution in [0.25, 0.3) is 0 Å². The summed E-state index contributed by atoms with van der Waals surface area (Å²) < 4.78 is 11.9. The topological polar surface area (TPSA) is 56.5 Å². The van der Waals surface area contributed by atoms with Gasteiger partial charge in [0, 0.05) is 20.6 Å². The van der Waals surface area contributed by atoms with Crippen molar-refractivity contribution in [2.75, 3.05) is 26.9 Å². The lowest BCUT2D eigenvalue weighted by molar-refractivity contribution is 0.0714. The summed E-state index contributed by atoms with van der Waals surface area (Å²) in [6, 6.07) is 0. The van der Waals surface area contributed by atoms with Crippen molar-refractivity contribution in [3.05, 3.63) is 12.0 Å². The van der Waals surface area contributed by atoms with Gasteiger partial charge in [-0.3, -0.25) is 0 Å². The van der Waals surface area contributed by atoms with Crippen LogP contribution in [-0.2, 0) is 22.9 Å². The molecular formula is C9H16N2O3. The molecule has 0 spiro atoms. The predicted molar refractivity (Wildman–Crippen MR) is 51.3 cm³/mol. The first-order valence-corrected chi connectivity index (χ1v) is 4.52. The summed E-state index contributed by atoms with van der Waals surface area (Å²) >= 11 is 0. The molecule has 0 aromatic carbocycles. The van der Waals surface area contributed by atoms with Gasteiger partial charge in [0.2, 0.25) is 5.88 Å². The smallest absolute Gasteiger partial charge is 0.229 e. The molecule has 0 aliphatic rings. The molecule has 0 aliphatic carbocycles. The van der Waals surface area contributed by atoms with Crippen molar-refractivity contribution in [3.8, 4) is 5.88 Å². The van der Waals surface area contributed by atoms with Crippen LogP contribution in [0.15, 0.2) is 6.20 Å². The van der Waals surface area contributed by atoms with Crippen molar-refractivity contribution >= 4 is 0 Å². The highest BCUT2D eigenvalue weighted by molar-refractivity contribution is 5.07. The summed E-state index contributed by atoms with van der Waals surface area (Å²) in [6.07, 6.45) is 2.27. The maximum atomic E-state index is 9.08. The molecule has 5 nitrogen and oxygen atoms in total. The minimum Gasteiger partial charge on any atom is -0.492 e. The second kappa shape index (κ2) is 5.62. The van der Waals surface area contributed by atoms with Gasteiger partial charge < -0.3 is 19.1 Å². The number of hydrogen-bond donors (Lipinski definition) is 1. The SMILES string of the molecule is COCCOCCc1nc(O)cn1C. The maximum absolute atomic E-state index is 9.08. The predicted octanol–water partition coefficient (Wildman–Crippen LogP) is 0.331. The van der Waals surface area contributed by atoms with Gasteiger partial charge in [-0.15, -0.1) is 0 Å². The molecule has 0 saturated heterocycles. The Morgan fingerprint density at radius 3 is 2.79 bits per heavy atom. The van der Waals surface area contributed by atoms with Crippen LogP contribution in [0.5, 0.6) is 5.88 Å². The summed E-state index contributed by atoms with van der Waals surface area (Å²) in [6.45, 7) is 1.78. The van der Waals surface area contributed by atoms with Crippen LogP contribution in [0.3, 0.4) is 0 Å². The highest BCUT2D eigenvalue weighted by Gasteiger charge is 2.02. The lowest BCUT2D eigenvalue weighted by atomic mass is 10.4. The first kappa shape index (κ1) is 11.0. The Hall–Kier alpha value is -1.07. The first-order valence-electron chi connectivity index (χ1n) is 4.52. The molecule has 14 heavy (non-hydrogen) atoms. The van der Waals surface area contributed by atoms with Crippen molar-refractivity contribution < 1.29 is 14.6 Å². The molecule has 80 valence electrons. The standard InChI is InChI=1S/C9H16N2O3/c1-11-7-9(12)10-8(11)3-4-14-6-5-13-2/h7,12H,3-6H2,1-2H3. The van der Waals surface area contributed by atoms with Crippen molar-refractivity contribution in [2.45, 2.75) is 6.42 Å². The van der Waals surface area contributed by atoms with E-state index in [2.05, 4.69) is 4.98 Å². The Bertz CT molecular complexity index is 273. The highest BCUT2D eigenvalue weighted by atomic mass is 16.5. The van der Waals surface area contributed by atoms with Gasteiger partial charge in [-0.2, -0.15) is 4.98 Å². The van der Waals surface area contributed by atoms with Gasteiger partial charge in [-0.25, -0.2) is 0 Å². The molecule has 0 amide bonds.